The molecule has 5 heteroatoms. The largest absolute Gasteiger partial charge is 0.335 e. The van der Waals surface area contributed by atoms with Gasteiger partial charge in [-0.15, -0.1) is 0 Å². The maximum Gasteiger partial charge on any atom is 0.270 e. The molecule has 0 aliphatic carbocycles. The lowest BCUT2D eigenvalue weighted by molar-refractivity contribution is 0.0592. The number of pyridine rings is 1. The molecule has 32 heavy (non-hydrogen) atoms. The Balaban J connectivity index is 1.36. The molecule has 3 aromatic carbocycles. The monoisotopic (exact) mass is 423 g/mol. The third-order valence-corrected chi connectivity index (χ3v) is 6.18. The zero-order chi connectivity index (χ0) is 21.9. The molecule has 0 saturated carbocycles. The summed E-state index contributed by atoms with van der Waals surface area (Å²) in [5, 5.41) is 1.38. The predicted octanol–water partition coefficient (Wildman–Crippen LogP) is 4.08. The van der Waals surface area contributed by atoms with Crippen LogP contribution in [0.3, 0.4) is 0 Å². The van der Waals surface area contributed by atoms with E-state index in [2.05, 4.69) is 58.4 Å². The molecule has 4 aromatic rings. The second kappa shape index (κ2) is 8.81. The van der Waals surface area contributed by atoms with Gasteiger partial charge in [0.05, 0.1) is 6.04 Å². The number of rotatable bonds is 4. The minimum atomic E-state index is -0.224. The summed E-state index contributed by atoms with van der Waals surface area (Å²) < 4.78 is 0. The molecular weight excluding hydrogens is 398 g/mol. The smallest absolute Gasteiger partial charge is 0.270 e. The number of aromatic amines is 1. The number of hydrogen-bond acceptors (Lipinski definition) is 3. The number of piperazine rings is 1. The Morgan fingerprint density at radius 1 is 0.750 bits per heavy atom. The van der Waals surface area contributed by atoms with E-state index in [0.29, 0.717) is 24.2 Å². The fourth-order valence-corrected chi connectivity index (χ4v) is 4.56. The van der Waals surface area contributed by atoms with Gasteiger partial charge in [0.25, 0.3) is 11.5 Å². The van der Waals surface area contributed by atoms with Gasteiger partial charge in [0, 0.05) is 31.6 Å². The van der Waals surface area contributed by atoms with Gasteiger partial charge < -0.3 is 9.88 Å². The van der Waals surface area contributed by atoms with Gasteiger partial charge >= 0.3 is 0 Å². The van der Waals surface area contributed by atoms with Gasteiger partial charge in [-0.2, -0.15) is 0 Å². The topological polar surface area (TPSA) is 56.4 Å². The van der Waals surface area contributed by atoms with E-state index in [1.807, 2.05) is 35.2 Å². The van der Waals surface area contributed by atoms with Gasteiger partial charge in [0.15, 0.2) is 0 Å². The van der Waals surface area contributed by atoms with E-state index in [9.17, 15) is 9.59 Å². The quantitative estimate of drug-likeness (QED) is 0.538. The van der Waals surface area contributed by atoms with Crippen LogP contribution < -0.4 is 5.56 Å². The van der Waals surface area contributed by atoms with E-state index < -0.39 is 0 Å². The van der Waals surface area contributed by atoms with E-state index in [-0.39, 0.29) is 17.5 Å². The summed E-state index contributed by atoms with van der Waals surface area (Å²) >= 11 is 0. The van der Waals surface area contributed by atoms with Crippen molar-refractivity contribution in [2.45, 2.75) is 6.04 Å². The van der Waals surface area contributed by atoms with Gasteiger partial charge in [-0.3, -0.25) is 14.5 Å². The van der Waals surface area contributed by atoms with Crippen molar-refractivity contribution in [3.05, 3.63) is 118 Å². The molecular formula is C27H25N3O2. The Kier molecular flexibility index (Phi) is 5.57. The Labute approximate surface area is 186 Å². The van der Waals surface area contributed by atoms with Crippen molar-refractivity contribution in [1.82, 2.24) is 14.8 Å². The summed E-state index contributed by atoms with van der Waals surface area (Å²) in [5.74, 6) is -0.122. The molecule has 1 aromatic heterocycles. The maximum absolute atomic E-state index is 13.1. The van der Waals surface area contributed by atoms with Crippen LogP contribution in [-0.2, 0) is 0 Å². The highest BCUT2D eigenvalue weighted by molar-refractivity contribution is 5.96. The van der Waals surface area contributed by atoms with Gasteiger partial charge in [-0.05, 0) is 28.6 Å². The second-order valence-electron chi connectivity index (χ2n) is 8.15. The van der Waals surface area contributed by atoms with Crippen LogP contribution in [-0.4, -0.2) is 46.9 Å². The van der Waals surface area contributed by atoms with Crippen LogP contribution in [0.5, 0.6) is 0 Å². The van der Waals surface area contributed by atoms with Gasteiger partial charge in [-0.1, -0.05) is 78.9 Å². The molecule has 0 unspecified atom stereocenters. The Hall–Kier alpha value is -3.70. The lowest BCUT2D eigenvalue weighted by Gasteiger charge is -2.39. The van der Waals surface area contributed by atoms with E-state index in [4.69, 9.17) is 0 Å². The minimum Gasteiger partial charge on any atom is -0.335 e. The Bertz CT molecular complexity index is 1240. The number of hydrogen-bond donors (Lipinski definition) is 1. The number of fused-ring (bicyclic) bond motifs is 1. The molecule has 0 radical (unpaired) electrons. The van der Waals surface area contributed by atoms with Crippen molar-refractivity contribution in [2.24, 2.45) is 0 Å². The molecule has 1 fully saturated rings. The van der Waals surface area contributed by atoms with Crippen molar-refractivity contribution >= 4 is 16.7 Å². The van der Waals surface area contributed by atoms with Crippen molar-refractivity contribution in [2.75, 3.05) is 26.2 Å². The first-order chi connectivity index (χ1) is 15.7. The number of amides is 1. The molecule has 0 spiro atoms. The zero-order valence-electron chi connectivity index (χ0n) is 17.8. The summed E-state index contributed by atoms with van der Waals surface area (Å²) in [6.07, 6.45) is 0. The van der Waals surface area contributed by atoms with E-state index in [1.54, 1.807) is 12.1 Å². The molecule has 5 rings (SSSR count). The highest BCUT2D eigenvalue weighted by Crippen LogP contribution is 2.29. The van der Waals surface area contributed by atoms with E-state index in [1.165, 1.54) is 11.1 Å². The molecule has 1 amide bonds. The SMILES string of the molecule is O=C(c1cc2ccccc2c(=O)[nH]1)N1CCN(C(c2ccccc2)c2ccccc2)CC1. The lowest BCUT2D eigenvalue weighted by atomic mass is 9.96. The first kappa shape index (κ1) is 20.2. The summed E-state index contributed by atoms with van der Waals surface area (Å²) in [4.78, 5) is 32.6. The fourth-order valence-electron chi connectivity index (χ4n) is 4.56. The lowest BCUT2D eigenvalue weighted by Crippen LogP contribution is -2.50. The molecule has 0 bridgehead atoms. The average Bonchev–Trinajstić information content (AvgIpc) is 2.85. The van der Waals surface area contributed by atoms with Crippen LogP contribution >= 0.6 is 0 Å². The molecule has 1 aliphatic rings. The number of carbonyl (C=O) groups is 1. The predicted molar refractivity (Wildman–Crippen MR) is 127 cm³/mol. The molecule has 160 valence electrons. The first-order valence-electron chi connectivity index (χ1n) is 11.0. The van der Waals surface area contributed by atoms with Crippen molar-refractivity contribution < 1.29 is 4.79 Å². The number of nitrogens with one attached hydrogen (secondary N) is 1. The summed E-state index contributed by atoms with van der Waals surface area (Å²) in [6.45, 7) is 2.75. The normalized spacial score (nSPS) is 14.7. The number of carbonyl (C=O) groups excluding carboxylic acids is 1. The first-order valence-corrected chi connectivity index (χ1v) is 11.0. The van der Waals surface area contributed by atoms with E-state index >= 15 is 0 Å². The molecule has 1 N–H and O–H groups in total. The van der Waals surface area contributed by atoms with Crippen LogP contribution in [0.15, 0.2) is 95.8 Å². The van der Waals surface area contributed by atoms with Gasteiger partial charge in [0.1, 0.15) is 5.69 Å². The molecule has 0 atom stereocenters. The summed E-state index contributed by atoms with van der Waals surface area (Å²) in [5.41, 5.74) is 2.62. The van der Waals surface area contributed by atoms with Crippen LogP contribution in [0, 0.1) is 0 Å². The fraction of sp³-hybridized carbons (Fsp3) is 0.185. The second-order valence-corrected chi connectivity index (χ2v) is 8.15. The standard InChI is InChI=1S/C27H25N3O2/c31-26-23-14-8-7-13-22(23)19-24(28-26)27(32)30-17-15-29(16-18-30)25(20-9-3-1-4-10-20)21-11-5-2-6-12-21/h1-14,19,25H,15-18H2,(H,28,31). The molecule has 5 nitrogen and oxygen atoms in total. The Morgan fingerprint density at radius 2 is 1.31 bits per heavy atom. The van der Waals surface area contributed by atoms with Crippen molar-refractivity contribution in [3.63, 3.8) is 0 Å². The Morgan fingerprint density at radius 3 is 1.94 bits per heavy atom. The summed E-state index contributed by atoms with van der Waals surface area (Å²) in [7, 11) is 0. The van der Waals surface area contributed by atoms with Crippen LogP contribution in [0.1, 0.15) is 27.7 Å². The van der Waals surface area contributed by atoms with E-state index in [0.717, 1.165) is 18.5 Å². The third-order valence-electron chi connectivity index (χ3n) is 6.18. The third kappa shape index (κ3) is 3.95. The number of aromatic nitrogens is 1. The number of nitrogens with zero attached hydrogens (tertiary/aromatic N) is 2. The summed E-state index contributed by atoms with van der Waals surface area (Å²) in [6, 6.07) is 30.3. The van der Waals surface area contributed by atoms with Crippen LogP contribution in [0.2, 0.25) is 0 Å². The molecule has 1 aliphatic heterocycles. The van der Waals surface area contributed by atoms with Crippen LogP contribution in [0.25, 0.3) is 10.8 Å². The molecule has 2 heterocycles. The highest BCUT2D eigenvalue weighted by Gasteiger charge is 2.29. The van der Waals surface area contributed by atoms with Gasteiger partial charge in [-0.25, -0.2) is 0 Å². The zero-order valence-corrected chi connectivity index (χ0v) is 17.8. The van der Waals surface area contributed by atoms with Gasteiger partial charge in [0.2, 0.25) is 0 Å². The average molecular weight is 424 g/mol. The number of benzene rings is 3. The maximum atomic E-state index is 13.1. The minimum absolute atomic E-state index is 0.122. The number of H-pyrrole nitrogens is 1. The van der Waals surface area contributed by atoms with Crippen molar-refractivity contribution in [1.29, 1.82) is 0 Å². The van der Waals surface area contributed by atoms with Crippen molar-refractivity contribution in [3.8, 4) is 0 Å². The highest BCUT2D eigenvalue weighted by atomic mass is 16.2. The molecule has 1 saturated heterocycles. The van der Waals surface area contributed by atoms with Crippen LogP contribution in [0.4, 0.5) is 0 Å².